The lowest BCUT2D eigenvalue weighted by molar-refractivity contribution is 0.0920. The van der Waals surface area contributed by atoms with Crippen molar-refractivity contribution in [2.45, 2.75) is 25.3 Å². The van der Waals surface area contributed by atoms with Gasteiger partial charge in [0.15, 0.2) is 5.69 Å². The van der Waals surface area contributed by atoms with Gasteiger partial charge in [0.05, 0.1) is 6.04 Å². The number of carbonyl (C=O) groups is 1. The second-order valence-corrected chi connectivity index (χ2v) is 6.72. The maximum absolute atomic E-state index is 12.0. The molecule has 0 unspecified atom stereocenters. The van der Waals surface area contributed by atoms with Crippen LogP contribution in [0.1, 0.15) is 40.7 Å². The van der Waals surface area contributed by atoms with Crippen molar-refractivity contribution in [3.05, 3.63) is 33.5 Å². The molecule has 1 N–H and O–H groups in total. The van der Waals surface area contributed by atoms with Gasteiger partial charge in [-0.15, -0.1) is 16.4 Å². The summed E-state index contributed by atoms with van der Waals surface area (Å²) in [5, 5.41) is 10.6. The molecular weight excluding hydrogens is 304 g/mol. The van der Waals surface area contributed by atoms with Crippen LogP contribution in [0.25, 0.3) is 0 Å². The molecule has 0 spiro atoms. The molecule has 21 heavy (non-hydrogen) atoms. The molecular formula is C14H18N4OS2. The van der Waals surface area contributed by atoms with E-state index in [0.717, 1.165) is 13.1 Å². The zero-order chi connectivity index (χ0) is 14.5. The van der Waals surface area contributed by atoms with E-state index in [2.05, 4.69) is 37.3 Å². The molecule has 112 valence electrons. The Balaban J connectivity index is 1.66. The van der Waals surface area contributed by atoms with Gasteiger partial charge >= 0.3 is 0 Å². The van der Waals surface area contributed by atoms with Gasteiger partial charge in [0, 0.05) is 16.8 Å². The van der Waals surface area contributed by atoms with Gasteiger partial charge < -0.3 is 5.32 Å². The molecule has 2 aromatic heterocycles. The van der Waals surface area contributed by atoms with Crippen molar-refractivity contribution in [1.29, 1.82) is 0 Å². The number of hydrogen-bond acceptors (Lipinski definition) is 6. The fourth-order valence-corrected chi connectivity index (χ4v) is 3.96. The highest BCUT2D eigenvalue weighted by Gasteiger charge is 2.24. The SMILES string of the molecule is O=C(NC[C@@H](c1cccs1)N1CCCCC1)c1csnn1. The summed E-state index contributed by atoms with van der Waals surface area (Å²) < 4.78 is 3.73. The first-order valence-corrected chi connectivity index (χ1v) is 8.89. The Bertz CT molecular complexity index is 550. The molecule has 1 amide bonds. The van der Waals surface area contributed by atoms with E-state index in [1.54, 1.807) is 16.7 Å². The number of nitrogens with one attached hydrogen (secondary N) is 1. The molecule has 0 bridgehead atoms. The highest BCUT2D eigenvalue weighted by molar-refractivity contribution is 7.10. The second kappa shape index (κ2) is 7.11. The van der Waals surface area contributed by atoms with E-state index >= 15 is 0 Å². The van der Waals surface area contributed by atoms with Crippen molar-refractivity contribution in [1.82, 2.24) is 19.8 Å². The summed E-state index contributed by atoms with van der Waals surface area (Å²) in [6, 6.07) is 4.49. The van der Waals surface area contributed by atoms with E-state index in [0.29, 0.717) is 12.2 Å². The fraction of sp³-hybridized carbons (Fsp3) is 0.500. The van der Waals surface area contributed by atoms with Crippen molar-refractivity contribution in [3.8, 4) is 0 Å². The van der Waals surface area contributed by atoms with Gasteiger partial charge in [0.2, 0.25) is 0 Å². The number of likely N-dealkylation sites (tertiary alicyclic amines) is 1. The molecule has 7 heteroatoms. The molecule has 1 aliphatic rings. The van der Waals surface area contributed by atoms with Crippen molar-refractivity contribution in [3.63, 3.8) is 0 Å². The van der Waals surface area contributed by atoms with Gasteiger partial charge in [-0.3, -0.25) is 9.69 Å². The highest BCUT2D eigenvalue weighted by Crippen LogP contribution is 2.27. The van der Waals surface area contributed by atoms with Crippen LogP contribution in [0.2, 0.25) is 0 Å². The maximum atomic E-state index is 12.0. The van der Waals surface area contributed by atoms with E-state index < -0.39 is 0 Å². The third kappa shape index (κ3) is 3.66. The van der Waals surface area contributed by atoms with Crippen LogP contribution in [0.3, 0.4) is 0 Å². The van der Waals surface area contributed by atoms with Crippen molar-refractivity contribution in [2.75, 3.05) is 19.6 Å². The first kappa shape index (κ1) is 14.6. The minimum Gasteiger partial charge on any atom is -0.349 e. The van der Waals surface area contributed by atoms with Gasteiger partial charge in [0.25, 0.3) is 5.91 Å². The molecule has 3 heterocycles. The molecule has 1 fully saturated rings. The standard InChI is InChI=1S/C14H18N4OS2/c19-14(11-10-21-17-16-11)15-9-12(13-5-4-8-20-13)18-6-2-1-3-7-18/h4-5,8,10,12H,1-3,6-7,9H2,(H,15,19)/t12-/m0/s1. The van der Waals surface area contributed by atoms with Crippen LogP contribution in [-0.4, -0.2) is 40.0 Å². The van der Waals surface area contributed by atoms with Gasteiger partial charge in [-0.2, -0.15) is 0 Å². The van der Waals surface area contributed by atoms with Gasteiger partial charge in [-0.25, -0.2) is 0 Å². The van der Waals surface area contributed by atoms with Crippen molar-refractivity contribution < 1.29 is 4.79 Å². The van der Waals surface area contributed by atoms with Crippen LogP contribution in [-0.2, 0) is 0 Å². The minimum atomic E-state index is -0.137. The normalized spacial score (nSPS) is 17.5. The van der Waals surface area contributed by atoms with Crippen LogP contribution in [0.5, 0.6) is 0 Å². The number of carbonyl (C=O) groups excluding carboxylic acids is 1. The number of thiophene rings is 1. The van der Waals surface area contributed by atoms with E-state index in [9.17, 15) is 4.79 Å². The Morgan fingerprint density at radius 2 is 2.24 bits per heavy atom. The lowest BCUT2D eigenvalue weighted by Crippen LogP contribution is -2.40. The van der Waals surface area contributed by atoms with E-state index in [-0.39, 0.29) is 11.9 Å². The van der Waals surface area contributed by atoms with Crippen LogP contribution in [0.15, 0.2) is 22.9 Å². The summed E-state index contributed by atoms with van der Waals surface area (Å²) in [6.45, 7) is 2.84. The van der Waals surface area contributed by atoms with E-state index in [4.69, 9.17) is 0 Å². The van der Waals surface area contributed by atoms with E-state index in [1.807, 2.05) is 0 Å². The summed E-state index contributed by atoms with van der Waals surface area (Å²) in [6.07, 6.45) is 3.79. The average molecular weight is 322 g/mol. The number of hydrogen-bond donors (Lipinski definition) is 1. The lowest BCUT2D eigenvalue weighted by atomic mass is 10.1. The molecule has 3 rings (SSSR count). The summed E-state index contributed by atoms with van der Waals surface area (Å²) in [7, 11) is 0. The topological polar surface area (TPSA) is 58.1 Å². The first-order valence-electron chi connectivity index (χ1n) is 7.17. The summed E-state index contributed by atoms with van der Waals surface area (Å²) in [5.41, 5.74) is 0.406. The third-order valence-electron chi connectivity index (χ3n) is 3.75. The number of rotatable bonds is 5. The second-order valence-electron chi connectivity index (χ2n) is 5.13. The van der Waals surface area contributed by atoms with Crippen molar-refractivity contribution >= 4 is 28.8 Å². The number of aromatic nitrogens is 2. The van der Waals surface area contributed by atoms with Crippen LogP contribution in [0.4, 0.5) is 0 Å². The first-order chi connectivity index (χ1) is 10.3. The molecule has 0 aliphatic carbocycles. The molecule has 5 nitrogen and oxygen atoms in total. The Morgan fingerprint density at radius 3 is 2.90 bits per heavy atom. The predicted molar refractivity (Wildman–Crippen MR) is 84.7 cm³/mol. The zero-order valence-electron chi connectivity index (χ0n) is 11.7. The Hall–Kier alpha value is -1.31. The molecule has 1 atom stereocenters. The smallest absolute Gasteiger partial charge is 0.272 e. The Morgan fingerprint density at radius 1 is 1.38 bits per heavy atom. The largest absolute Gasteiger partial charge is 0.349 e. The van der Waals surface area contributed by atoms with Gasteiger partial charge in [-0.1, -0.05) is 17.0 Å². The van der Waals surface area contributed by atoms with Crippen LogP contribution >= 0.6 is 22.9 Å². The highest BCUT2D eigenvalue weighted by atomic mass is 32.1. The quantitative estimate of drug-likeness (QED) is 0.919. The molecule has 0 aromatic carbocycles. The van der Waals surface area contributed by atoms with E-state index in [1.165, 1.54) is 35.7 Å². The fourth-order valence-electron chi connectivity index (χ4n) is 2.66. The minimum absolute atomic E-state index is 0.137. The van der Waals surface area contributed by atoms with Gasteiger partial charge in [0.1, 0.15) is 0 Å². The zero-order valence-corrected chi connectivity index (χ0v) is 13.3. The van der Waals surface area contributed by atoms with Crippen LogP contribution < -0.4 is 5.32 Å². The molecule has 2 aromatic rings. The maximum Gasteiger partial charge on any atom is 0.272 e. The lowest BCUT2D eigenvalue weighted by Gasteiger charge is -2.34. The molecule has 1 aliphatic heterocycles. The predicted octanol–water partition coefficient (Wildman–Crippen LogP) is 2.56. The average Bonchev–Trinajstić information content (AvgIpc) is 3.22. The molecule has 0 radical (unpaired) electrons. The number of nitrogens with zero attached hydrogens (tertiary/aromatic N) is 3. The molecule has 1 saturated heterocycles. The molecule has 0 saturated carbocycles. The van der Waals surface area contributed by atoms with Crippen molar-refractivity contribution in [2.24, 2.45) is 0 Å². The monoisotopic (exact) mass is 322 g/mol. The van der Waals surface area contributed by atoms with Crippen LogP contribution in [0, 0.1) is 0 Å². The Kier molecular flexibility index (Phi) is 4.95. The van der Waals surface area contributed by atoms with Gasteiger partial charge in [-0.05, 0) is 48.9 Å². The number of amides is 1. The summed E-state index contributed by atoms with van der Waals surface area (Å²) in [5.74, 6) is -0.137. The number of piperidine rings is 1. The summed E-state index contributed by atoms with van der Waals surface area (Å²) >= 11 is 2.95. The Labute approximate surface area is 132 Å². The third-order valence-corrected chi connectivity index (χ3v) is 5.23. The summed E-state index contributed by atoms with van der Waals surface area (Å²) in [4.78, 5) is 15.8.